The van der Waals surface area contributed by atoms with E-state index in [0.717, 1.165) is 16.5 Å². The van der Waals surface area contributed by atoms with Gasteiger partial charge in [0.1, 0.15) is 11.6 Å². The van der Waals surface area contributed by atoms with Crippen molar-refractivity contribution in [2.75, 3.05) is 0 Å². The van der Waals surface area contributed by atoms with Crippen LogP contribution in [-0.4, -0.2) is 21.4 Å². The van der Waals surface area contributed by atoms with Gasteiger partial charge in [0.25, 0.3) is 11.6 Å². The molecular formula is C20H15N5O4. The van der Waals surface area contributed by atoms with Crippen LogP contribution in [0.2, 0.25) is 0 Å². The van der Waals surface area contributed by atoms with Crippen LogP contribution in [0.4, 0.5) is 10.5 Å². The first-order valence-corrected chi connectivity index (χ1v) is 8.43. The molecule has 3 aromatic rings. The van der Waals surface area contributed by atoms with Gasteiger partial charge in [0.15, 0.2) is 0 Å². The van der Waals surface area contributed by atoms with Gasteiger partial charge >= 0.3 is 6.03 Å². The van der Waals surface area contributed by atoms with E-state index in [-0.39, 0.29) is 11.3 Å². The number of carbonyl (C=O) groups excluding carboxylic acids is 2. The summed E-state index contributed by atoms with van der Waals surface area (Å²) in [5, 5.41) is 22.7. The van der Waals surface area contributed by atoms with Crippen molar-refractivity contribution in [3.8, 4) is 6.07 Å². The number of primary amides is 1. The number of carbonyl (C=O) groups is 2. The average Bonchev–Trinajstić information content (AvgIpc) is 3.03. The van der Waals surface area contributed by atoms with Crippen LogP contribution in [0.5, 0.6) is 0 Å². The van der Waals surface area contributed by atoms with E-state index >= 15 is 0 Å². The van der Waals surface area contributed by atoms with E-state index in [2.05, 4.69) is 0 Å². The highest BCUT2D eigenvalue weighted by molar-refractivity contribution is 6.09. The topological polar surface area (TPSA) is 144 Å². The van der Waals surface area contributed by atoms with E-state index in [1.54, 1.807) is 24.4 Å². The third-order valence-electron chi connectivity index (χ3n) is 4.22. The molecular weight excluding hydrogens is 374 g/mol. The number of hydrogen-bond acceptors (Lipinski definition) is 5. The maximum atomic E-state index is 11.9. The Bertz CT molecular complexity index is 1190. The third-order valence-corrected chi connectivity index (χ3v) is 4.22. The van der Waals surface area contributed by atoms with Crippen molar-refractivity contribution in [3.05, 3.63) is 81.5 Å². The number of amides is 3. The standard InChI is InChI=1S/C20H15N5O4/c21-10-14(19(26)23-20(22)27)9-15-12-24(18-4-2-1-3-17(15)18)11-13-5-7-16(8-6-13)25(28)29/h1-9,12H,11H2,(H3,22,23,26,27)/b14-9-. The van der Waals surface area contributed by atoms with Crippen molar-refractivity contribution in [2.24, 2.45) is 5.73 Å². The normalized spacial score (nSPS) is 11.1. The zero-order valence-corrected chi connectivity index (χ0v) is 15.0. The van der Waals surface area contributed by atoms with Crippen molar-refractivity contribution in [3.63, 3.8) is 0 Å². The van der Waals surface area contributed by atoms with E-state index < -0.39 is 16.9 Å². The molecule has 2 aromatic carbocycles. The van der Waals surface area contributed by atoms with Crippen molar-refractivity contribution >= 4 is 34.6 Å². The molecule has 9 nitrogen and oxygen atoms in total. The Hall–Kier alpha value is -4.45. The van der Waals surface area contributed by atoms with Crippen molar-refractivity contribution in [2.45, 2.75) is 6.54 Å². The van der Waals surface area contributed by atoms with E-state index in [4.69, 9.17) is 5.73 Å². The summed E-state index contributed by atoms with van der Waals surface area (Å²) >= 11 is 0. The van der Waals surface area contributed by atoms with Crippen molar-refractivity contribution < 1.29 is 14.5 Å². The minimum Gasteiger partial charge on any atom is -0.351 e. The summed E-state index contributed by atoms with van der Waals surface area (Å²) < 4.78 is 1.91. The number of imide groups is 1. The average molecular weight is 389 g/mol. The molecule has 0 spiro atoms. The highest BCUT2D eigenvalue weighted by Gasteiger charge is 2.14. The summed E-state index contributed by atoms with van der Waals surface area (Å²) in [6.45, 7) is 0.432. The Labute approximate surface area is 164 Å². The number of nitro benzene ring substituents is 1. The summed E-state index contributed by atoms with van der Waals surface area (Å²) in [5.74, 6) is -0.882. The van der Waals surface area contributed by atoms with Crippen LogP contribution in [-0.2, 0) is 11.3 Å². The molecule has 0 saturated heterocycles. The Kier molecular flexibility index (Phi) is 5.37. The quantitative estimate of drug-likeness (QED) is 0.298. The second-order valence-electron chi connectivity index (χ2n) is 6.14. The summed E-state index contributed by atoms with van der Waals surface area (Å²) in [4.78, 5) is 33.2. The van der Waals surface area contributed by atoms with Gasteiger partial charge in [0, 0.05) is 41.3 Å². The maximum absolute atomic E-state index is 11.9. The number of nitrogens with one attached hydrogen (secondary N) is 1. The Balaban J connectivity index is 2.00. The van der Waals surface area contributed by atoms with E-state index in [1.807, 2.05) is 34.1 Å². The Morgan fingerprint density at radius 1 is 1.21 bits per heavy atom. The molecule has 0 aliphatic heterocycles. The monoisotopic (exact) mass is 389 g/mol. The SMILES string of the molecule is N#C/C(=C/c1cn(Cc2ccc([N+](=O)[O-])cc2)c2ccccc12)C(=O)NC(N)=O. The molecule has 0 aliphatic carbocycles. The number of nitro groups is 1. The van der Waals surface area contributed by atoms with Gasteiger partial charge in [-0.25, -0.2) is 4.79 Å². The zero-order chi connectivity index (χ0) is 21.0. The predicted octanol–water partition coefficient (Wildman–Crippen LogP) is 2.70. The smallest absolute Gasteiger partial charge is 0.319 e. The number of non-ortho nitro benzene ring substituents is 1. The largest absolute Gasteiger partial charge is 0.351 e. The first-order valence-electron chi connectivity index (χ1n) is 8.43. The second-order valence-corrected chi connectivity index (χ2v) is 6.14. The van der Waals surface area contributed by atoms with E-state index in [0.29, 0.717) is 12.1 Å². The highest BCUT2D eigenvalue weighted by atomic mass is 16.6. The minimum absolute atomic E-state index is 0.00821. The van der Waals surface area contributed by atoms with E-state index in [1.165, 1.54) is 18.2 Å². The predicted molar refractivity (Wildman–Crippen MR) is 105 cm³/mol. The number of nitrogens with two attached hydrogens (primary N) is 1. The third kappa shape index (κ3) is 4.28. The summed E-state index contributed by atoms with van der Waals surface area (Å²) in [7, 11) is 0. The number of nitrogens with zero attached hydrogens (tertiary/aromatic N) is 3. The van der Waals surface area contributed by atoms with Crippen molar-refractivity contribution in [1.82, 2.24) is 9.88 Å². The van der Waals surface area contributed by atoms with Gasteiger partial charge in [-0.15, -0.1) is 0 Å². The Morgan fingerprint density at radius 3 is 2.52 bits per heavy atom. The first-order chi connectivity index (χ1) is 13.9. The van der Waals surface area contributed by atoms with Gasteiger partial charge < -0.3 is 10.3 Å². The van der Waals surface area contributed by atoms with Gasteiger partial charge in [0.2, 0.25) is 0 Å². The van der Waals surface area contributed by atoms with Crippen LogP contribution in [0.1, 0.15) is 11.1 Å². The Morgan fingerprint density at radius 2 is 1.90 bits per heavy atom. The van der Waals surface area contributed by atoms with E-state index in [9.17, 15) is 25.0 Å². The van der Waals surface area contributed by atoms with Crippen LogP contribution >= 0.6 is 0 Å². The fraction of sp³-hybridized carbons (Fsp3) is 0.0500. The molecule has 3 amide bonds. The highest BCUT2D eigenvalue weighted by Crippen LogP contribution is 2.25. The van der Waals surface area contributed by atoms with Gasteiger partial charge in [-0.2, -0.15) is 5.26 Å². The molecule has 1 aromatic heterocycles. The summed E-state index contributed by atoms with van der Waals surface area (Å²) in [6, 6.07) is 14.3. The number of urea groups is 1. The number of nitriles is 1. The summed E-state index contributed by atoms with van der Waals surface area (Å²) in [6.07, 6.45) is 3.15. The lowest BCUT2D eigenvalue weighted by Gasteiger charge is -2.05. The number of fused-ring (bicyclic) bond motifs is 1. The molecule has 29 heavy (non-hydrogen) atoms. The number of para-hydroxylation sites is 1. The lowest BCUT2D eigenvalue weighted by Crippen LogP contribution is -2.35. The van der Waals surface area contributed by atoms with Crippen LogP contribution in [0.15, 0.2) is 60.3 Å². The molecule has 0 unspecified atom stereocenters. The fourth-order valence-electron chi connectivity index (χ4n) is 2.92. The molecule has 1 heterocycles. The molecule has 0 fully saturated rings. The molecule has 0 radical (unpaired) electrons. The van der Waals surface area contributed by atoms with Crippen LogP contribution in [0.25, 0.3) is 17.0 Å². The molecule has 0 saturated carbocycles. The van der Waals surface area contributed by atoms with Gasteiger partial charge in [0.05, 0.1) is 4.92 Å². The molecule has 9 heteroatoms. The number of rotatable bonds is 5. The first kappa shape index (κ1) is 19.3. The van der Waals surface area contributed by atoms with Gasteiger partial charge in [-0.05, 0) is 17.7 Å². The lowest BCUT2D eigenvalue weighted by atomic mass is 10.1. The molecule has 144 valence electrons. The lowest BCUT2D eigenvalue weighted by molar-refractivity contribution is -0.384. The van der Waals surface area contributed by atoms with Gasteiger partial charge in [-0.1, -0.05) is 30.3 Å². The summed E-state index contributed by atoms with van der Waals surface area (Å²) in [5.41, 5.74) is 6.99. The fourth-order valence-corrected chi connectivity index (χ4v) is 2.92. The van der Waals surface area contributed by atoms with Crippen LogP contribution in [0, 0.1) is 21.4 Å². The number of hydrogen-bond donors (Lipinski definition) is 2. The number of aromatic nitrogens is 1. The molecule has 3 N–H and O–H groups in total. The van der Waals surface area contributed by atoms with Crippen LogP contribution < -0.4 is 11.1 Å². The second kappa shape index (κ2) is 8.06. The molecule has 3 rings (SSSR count). The molecule has 0 bridgehead atoms. The van der Waals surface area contributed by atoms with Crippen LogP contribution in [0.3, 0.4) is 0 Å². The zero-order valence-electron chi connectivity index (χ0n) is 15.0. The maximum Gasteiger partial charge on any atom is 0.319 e. The van der Waals surface area contributed by atoms with Crippen molar-refractivity contribution in [1.29, 1.82) is 5.26 Å². The molecule has 0 aliphatic rings. The van der Waals surface area contributed by atoms with Gasteiger partial charge in [-0.3, -0.25) is 20.2 Å². The minimum atomic E-state index is -1.04. The number of benzene rings is 2. The molecule has 0 atom stereocenters.